The summed E-state index contributed by atoms with van der Waals surface area (Å²) in [6.45, 7) is 0.266. The molecule has 1 atom stereocenters. The molecule has 1 aliphatic heterocycles. The minimum atomic E-state index is -0.524. The zero-order valence-corrected chi connectivity index (χ0v) is 12.6. The van der Waals surface area contributed by atoms with E-state index in [-0.39, 0.29) is 36.2 Å². The minimum absolute atomic E-state index is 0.114. The first-order chi connectivity index (χ1) is 11.5. The van der Waals surface area contributed by atoms with Gasteiger partial charge < -0.3 is 16.0 Å². The maximum absolute atomic E-state index is 13.8. The molecule has 1 heterocycles. The van der Waals surface area contributed by atoms with Crippen molar-refractivity contribution in [1.82, 2.24) is 5.32 Å². The van der Waals surface area contributed by atoms with Crippen LogP contribution in [0.1, 0.15) is 6.42 Å². The van der Waals surface area contributed by atoms with Gasteiger partial charge in [-0.05, 0) is 30.3 Å². The molecule has 5 nitrogen and oxygen atoms in total. The van der Waals surface area contributed by atoms with Crippen molar-refractivity contribution in [2.24, 2.45) is 5.92 Å². The van der Waals surface area contributed by atoms with Gasteiger partial charge >= 0.3 is 0 Å². The summed E-state index contributed by atoms with van der Waals surface area (Å²) in [6.07, 6.45) is 0.114. The van der Waals surface area contributed by atoms with Crippen LogP contribution in [0.5, 0.6) is 0 Å². The van der Waals surface area contributed by atoms with Gasteiger partial charge in [0.2, 0.25) is 11.8 Å². The Hall–Kier alpha value is -2.96. The first kappa shape index (κ1) is 15.9. The second-order valence-corrected chi connectivity index (χ2v) is 5.49. The van der Waals surface area contributed by atoms with E-state index in [4.69, 9.17) is 0 Å². The maximum Gasteiger partial charge on any atom is 0.229 e. The van der Waals surface area contributed by atoms with Crippen molar-refractivity contribution in [3.8, 4) is 0 Å². The molecule has 3 rings (SSSR count). The fraction of sp³-hybridized carbons (Fsp3) is 0.176. The summed E-state index contributed by atoms with van der Waals surface area (Å²) >= 11 is 0. The minimum Gasteiger partial charge on any atom is -0.355 e. The van der Waals surface area contributed by atoms with Crippen LogP contribution in [0.3, 0.4) is 0 Å². The molecular weight excluding hydrogens is 316 g/mol. The molecule has 3 N–H and O–H groups in total. The van der Waals surface area contributed by atoms with E-state index in [1.807, 2.05) is 0 Å². The number of carbonyl (C=O) groups excluding carboxylic acids is 2. The van der Waals surface area contributed by atoms with Crippen LogP contribution in [0.25, 0.3) is 0 Å². The Balaban J connectivity index is 1.82. The number of amides is 2. The second-order valence-electron chi connectivity index (χ2n) is 5.49. The molecule has 2 amide bonds. The van der Waals surface area contributed by atoms with Crippen molar-refractivity contribution in [2.45, 2.75) is 6.42 Å². The zero-order valence-electron chi connectivity index (χ0n) is 12.6. The predicted molar refractivity (Wildman–Crippen MR) is 85.8 cm³/mol. The van der Waals surface area contributed by atoms with E-state index in [9.17, 15) is 18.4 Å². The monoisotopic (exact) mass is 331 g/mol. The highest BCUT2D eigenvalue weighted by atomic mass is 19.1. The lowest BCUT2D eigenvalue weighted by atomic mass is 10.1. The van der Waals surface area contributed by atoms with Crippen LogP contribution >= 0.6 is 0 Å². The Morgan fingerprint density at radius 3 is 2.58 bits per heavy atom. The highest BCUT2D eigenvalue weighted by Crippen LogP contribution is 2.28. The fourth-order valence-electron chi connectivity index (χ4n) is 2.46. The molecule has 0 unspecified atom stereocenters. The molecule has 7 heteroatoms. The summed E-state index contributed by atoms with van der Waals surface area (Å²) in [4.78, 5) is 23.4. The lowest BCUT2D eigenvalue weighted by Gasteiger charge is -2.15. The van der Waals surface area contributed by atoms with Crippen molar-refractivity contribution >= 4 is 28.9 Å². The number of rotatable bonds is 4. The molecule has 2 aromatic rings. The summed E-state index contributed by atoms with van der Waals surface area (Å²) in [6, 6.07) is 9.71. The molecule has 0 radical (unpaired) electrons. The van der Waals surface area contributed by atoms with E-state index < -0.39 is 17.6 Å². The number of hydrogen-bond acceptors (Lipinski definition) is 3. The van der Waals surface area contributed by atoms with Gasteiger partial charge in [0.1, 0.15) is 11.6 Å². The molecule has 1 aliphatic rings. The van der Waals surface area contributed by atoms with Gasteiger partial charge in [0.05, 0.1) is 23.0 Å². The molecule has 0 bridgehead atoms. The standard InChI is InChI=1S/C17H15F2N3O2/c18-11-5-6-14(22-17(24)10-7-16(23)20-9-10)15(8-11)21-13-4-2-1-3-12(13)19/h1-6,8,10,21H,7,9H2,(H,20,23)(H,22,24)/t10-/m0/s1. The average Bonchev–Trinajstić information content (AvgIpc) is 2.99. The quantitative estimate of drug-likeness (QED) is 0.807. The van der Waals surface area contributed by atoms with Gasteiger partial charge in [-0.3, -0.25) is 9.59 Å². The number of benzene rings is 2. The smallest absolute Gasteiger partial charge is 0.229 e. The van der Waals surface area contributed by atoms with Crippen LogP contribution in [0.4, 0.5) is 25.8 Å². The first-order valence-corrected chi connectivity index (χ1v) is 7.41. The molecule has 2 aromatic carbocycles. The van der Waals surface area contributed by atoms with Gasteiger partial charge in [-0.15, -0.1) is 0 Å². The highest BCUT2D eigenvalue weighted by Gasteiger charge is 2.28. The molecule has 24 heavy (non-hydrogen) atoms. The van der Waals surface area contributed by atoms with Gasteiger partial charge in [0.15, 0.2) is 0 Å². The Kier molecular flexibility index (Phi) is 4.41. The van der Waals surface area contributed by atoms with E-state index in [0.29, 0.717) is 5.69 Å². The number of anilines is 3. The fourth-order valence-corrected chi connectivity index (χ4v) is 2.46. The third-order valence-corrected chi connectivity index (χ3v) is 3.73. The van der Waals surface area contributed by atoms with Gasteiger partial charge in [-0.25, -0.2) is 8.78 Å². The number of para-hydroxylation sites is 1. The molecule has 0 aromatic heterocycles. The lowest BCUT2D eigenvalue weighted by Crippen LogP contribution is -2.25. The Labute approximate surface area is 137 Å². The molecule has 0 spiro atoms. The maximum atomic E-state index is 13.8. The average molecular weight is 331 g/mol. The van der Waals surface area contributed by atoms with Crippen LogP contribution in [0, 0.1) is 17.6 Å². The summed E-state index contributed by atoms with van der Waals surface area (Å²) in [5.41, 5.74) is 0.700. The summed E-state index contributed by atoms with van der Waals surface area (Å²) in [5, 5.41) is 8.01. The van der Waals surface area contributed by atoms with Crippen molar-refractivity contribution in [3.05, 3.63) is 54.1 Å². The zero-order chi connectivity index (χ0) is 17.1. The van der Waals surface area contributed by atoms with Crippen molar-refractivity contribution in [3.63, 3.8) is 0 Å². The third-order valence-electron chi connectivity index (χ3n) is 3.73. The summed E-state index contributed by atoms with van der Waals surface area (Å²) in [5.74, 6) is -2.03. The van der Waals surface area contributed by atoms with Gasteiger partial charge in [0, 0.05) is 13.0 Å². The largest absolute Gasteiger partial charge is 0.355 e. The Morgan fingerprint density at radius 2 is 1.88 bits per heavy atom. The molecule has 124 valence electrons. The van der Waals surface area contributed by atoms with Crippen LogP contribution in [-0.4, -0.2) is 18.4 Å². The van der Waals surface area contributed by atoms with E-state index in [0.717, 1.165) is 0 Å². The second kappa shape index (κ2) is 6.66. The Bertz CT molecular complexity index is 795. The van der Waals surface area contributed by atoms with Crippen LogP contribution in [-0.2, 0) is 9.59 Å². The highest BCUT2D eigenvalue weighted by molar-refractivity contribution is 5.99. The van der Waals surface area contributed by atoms with E-state index in [2.05, 4.69) is 16.0 Å². The van der Waals surface area contributed by atoms with Gasteiger partial charge in [0.25, 0.3) is 0 Å². The molecule has 0 saturated carbocycles. The molecular formula is C17H15F2N3O2. The topological polar surface area (TPSA) is 70.2 Å². The number of halogens is 2. The molecule has 1 fully saturated rings. The number of hydrogen-bond donors (Lipinski definition) is 3. The number of carbonyl (C=O) groups is 2. The Morgan fingerprint density at radius 1 is 1.08 bits per heavy atom. The van der Waals surface area contributed by atoms with Crippen molar-refractivity contribution < 1.29 is 18.4 Å². The van der Waals surface area contributed by atoms with Gasteiger partial charge in [-0.1, -0.05) is 12.1 Å². The van der Waals surface area contributed by atoms with Crippen LogP contribution in [0.15, 0.2) is 42.5 Å². The SMILES string of the molecule is O=C1C[C@H](C(=O)Nc2ccc(F)cc2Nc2ccccc2F)CN1. The van der Waals surface area contributed by atoms with Crippen LogP contribution in [0.2, 0.25) is 0 Å². The van der Waals surface area contributed by atoms with E-state index >= 15 is 0 Å². The van der Waals surface area contributed by atoms with Crippen molar-refractivity contribution in [2.75, 3.05) is 17.2 Å². The van der Waals surface area contributed by atoms with Crippen LogP contribution < -0.4 is 16.0 Å². The van der Waals surface area contributed by atoms with Gasteiger partial charge in [-0.2, -0.15) is 0 Å². The lowest BCUT2D eigenvalue weighted by molar-refractivity contribution is -0.123. The molecule has 1 saturated heterocycles. The summed E-state index contributed by atoms with van der Waals surface area (Å²) in [7, 11) is 0. The predicted octanol–water partition coefficient (Wildman–Crippen LogP) is 2.78. The summed E-state index contributed by atoms with van der Waals surface area (Å²) < 4.78 is 27.3. The molecule has 0 aliphatic carbocycles. The van der Waals surface area contributed by atoms with E-state index in [1.165, 1.54) is 30.3 Å². The normalized spacial score (nSPS) is 16.6. The first-order valence-electron chi connectivity index (χ1n) is 7.41. The van der Waals surface area contributed by atoms with Crippen molar-refractivity contribution in [1.29, 1.82) is 0 Å². The van der Waals surface area contributed by atoms with E-state index in [1.54, 1.807) is 12.1 Å². The third kappa shape index (κ3) is 3.51. The number of nitrogens with one attached hydrogen (secondary N) is 3.